The van der Waals surface area contributed by atoms with E-state index in [-0.39, 0.29) is 23.6 Å². The van der Waals surface area contributed by atoms with Crippen molar-refractivity contribution in [3.05, 3.63) is 61.7 Å². The number of nitro groups is 2. The van der Waals surface area contributed by atoms with Crippen LogP contribution in [0.1, 0.15) is 17.2 Å². The van der Waals surface area contributed by atoms with Gasteiger partial charge in [-0.25, -0.2) is 4.98 Å². The largest absolute Gasteiger partial charge is 0.372 e. The number of hydrogen-bond acceptors (Lipinski definition) is 8. The summed E-state index contributed by atoms with van der Waals surface area (Å²) in [5.41, 5.74) is 1.12. The highest BCUT2D eigenvalue weighted by atomic mass is 16.6. The maximum Gasteiger partial charge on any atom is 0.299 e. The summed E-state index contributed by atoms with van der Waals surface area (Å²) in [5.74, 6) is 0.958. The summed E-state index contributed by atoms with van der Waals surface area (Å²) in [4.78, 5) is 24.9. The highest BCUT2D eigenvalue weighted by Crippen LogP contribution is 2.29. The number of nitrogens with one attached hydrogen (secondary N) is 1. The van der Waals surface area contributed by atoms with Crippen molar-refractivity contribution < 1.29 is 9.85 Å². The van der Waals surface area contributed by atoms with Crippen molar-refractivity contribution in [2.75, 3.05) is 5.32 Å². The number of aryl methyl sites for hydroxylation is 2. The summed E-state index contributed by atoms with van der Waals surface area (Å²) in [6.45, 7) is 3.87. The van der Waals surface area contributed by atoms with Gasteiger partial charge in [0.2, 0.25) is 0 Å². The van der Waals surface area contributed by atoms with Crippen LogP contribution in [0.15, 0.2) is 24.3 Å². The molecule has 0 saturated heterocycles. The quantitative estimate of drug-likeness (QED) is 0.548. The van der Waals surface area contributed by atoms with E-state index < -0.39 is 9.85 Å². The van der Waals surface area contributed by atoms with Crippen LogP contribution in [0.3, 0.4) is 0 Å². The first-order valence-electron chi connectivity index (χ1n) is 7.22. The smallest absolute Gasteiger partial charge is 0.299 e. The fraction of sp³-hybridized carbons (Fsp3) is 0.214. The van der Waals surface area contributed by atoms with Gasteiger partial charge in [0.05, 0.1) is 22.5 Å². The summed E-state index contributed by atoms with van der Waals surface area (Å²) >= 11 is 0. The first-order valence-corrected chi connectivity index (χ1v) is 7.22. The van der Waals surface area contributed by atoms with Gasteiger partial charge < -0.3 is 5.32 Å². The number of anilines is 1. The molecule has 0 aliphatic carbocycles. The van der Waals surface area contributed by atoms with E-state index in [1.807, 2.05) is 19.9 Å². The number of fused-ring (bicyclic) bond motifs is 1. The van der Waals surface area contributed by atoms with E-state index in [0.717, 1.165) is 17.5 Å². The first-order chi connectivity index (χ1) is 11.9. The monoisotopic (exact) mass is 343 g/mol. The Morgan fingerprint density at radius 1 is 1.12 bits per heavy atom. The fourth-order valence-corrected chi connectivity index (χ4v) is 2.52. The lowest BCUT2D eigenvalue weighted by Gasteiger charge is -2.07. The van der Waals surface area contributed by atoms with E-state index in [2.05, 4.69) is 20.5 Å². The lowest BCUT2D eigenvalue weighted by atomic mass is 10.2. The van der Waals surface area contributed by atoms with Gasteiger partial charge in [-0.1, -0.05) is 0 Å². The third kappa shape index (κ3) is 3.06. The number of nitrogens with zero attached hydrogens (tertiary/aromatic N) is 6. The zero-order chi connectivity index (χ0) is 18.1. The molecule has 0 unspecified atom stereocenters. The SMILES string of the molecule is Cc1cc(C)n2c(CNc3ccc([N+](=O)[O-])cc3[N+](=O)[O-])nnc2n1. The van der Waals surface area contributed by atoms with Crippen LogP contribution in [0.5, 0.6) is 0 Å². The minimum absolute atomic E-state index is 0.144. The molecule has 0 bridgehead atoms. The third-order valence-electron chi connectivity index (χ3n) is 3.59. The van der Waals surface area contributed by atoms with Gasteiger partial charge in [-0.15, -0.1) is 10.2 Å². The predicted octanol–water partition coefficient (Wildman–Crippen LogP) is 2.17. The lowest BCUT2D eigenvalue weighted by Crippen LogP contribution is -2.08. The Balaban J connectivity index is 1.92. The molecule has 3 aromatic rings. The third-order valence-corrected chi connectivity index (χ3v) is 3.59. The first kappa shape index (κ1) is 16.2. The second-order valence-corrected chi connectivity index (χ2v) is 5.36. The van der Waals surface area contributed by atoms with Crippen LogP contribution in [0.2, 0.25) is 0 Å². The number of nitro benzene ring substituents is 2. The molecule has 1 aromatic carbocycles. The van der Waals surface area contributed by atoms with Crippen molar-refractivity contribution in [1.82, 2.24) is 19.6 Å². The summed E-state index contributed by atoms with van der Waals surface area (Å²) in [6, 6.07) is 5.29. The van der Waals surface area contributed by atoms with Gasteiger partial charge in [0, 0.05) is 17.5 Å². The highest BCUT2D eigenvalue weighted by molar-refractivity contribution is 5.65. The Morgan fingerprint density at radius 3 is 2.56 bits per heavy atom. The topological polar surface area (TPSA) is 141 Å². The standard InChI is InChI=1S/C14H13N7O4/c1-8-5-9(2)19-13(17-18-14(19)16-8)7-15-11-4-3-10(20(22)23)6-12(11)21(24)25/h3-6,15H,7H2,1-2H3. The van der Waals surface area contributed by atoms with Crippen LogP contribution < -0.4 is 5.32 Å². The molecule has 0 aliphatic rings. The van der Waals surface area contributed by atoms with E-state index in [1.165, 1.54) is 12.1 Å². The summed E-state index contributed by atoms with van der Waals surface area (Å²) in [5, 5.41) is 32.8. The lowest BCUT2D eigenvalue weighted by molar-refractivity contribution is -0.393. The van der Waals surface area contributed by atoms with Crippen molar-refractivity contribution in [3.8, 4) is 0 Å². The fourth-order valence-electron chi connectivity index (χ4n) is 2.52. The predicted molar refractivity (Wildman–Crippen MR) is 87.3 cm³/mol. The second kappa shape index (κ2) is 6.11. The molecule has 0 saturated carbocycles. The van der Waals surface area contributed by atoms with Crippen LogP contribution in [-0.4, -0.2) is 29.4 Å². The van der Waals surface area contributed by atoms with Crippen molar-refractivity contribution in [2.45, 2.75) is 20.4 Å². The van der Waals surface area contributed by atoms with Crippen LogP contribution >= 0.6 is 0 Å². The van der Waals surface area contributed by atoms with Gasteiger partial charge in [-0.2, -0.15) is 0 Å². The molecule has 2 aromatic heterocycles. The average molecular weight is 343 g/mol. The molecule has 0 radical (unpaired) electrons. The maximum absolute atomic E-state index is 11.2. The van der Waals surface area contributed by atoms with E-state index in [1.54, 1.807) is 4.40 Å². The molecule has 2 heterocycles. The molecule has 11 heteroatoms. The molecule has 0 aliphatic heterocycles. The molecule has 11 nitrogen and oxygen atoms in total. The van der Waals surface area contributed by atoms with Crippen LogP contribution in [0.25, 0.3) is 5.78 Å². The van der Waals surface area contributed by atoms with Gasteiger partial charge in [0.15, 0.2) is 5.82 Å². The zero-order valence-electron chi connectivity index (χ0n) is 13.3. The summed E-state index contributed by atoms with van der Waals surface area (Å²) in [6.07, 6.45) is 0. The van der Waals surface area contributed by atoms with Gasteiger partial charge in [0.25, 0.3) is 17.2 Å². The Labute approximate surface area is 140 Å². The van der Waals surface area contributed by atoms with E-state index in [4.69, 9.17) is 0 Å². The summed E-state index contributed by atoms with van der Waals surface area (Å²) < 4.78 is 1.73. The Bertz CT molecular complexity index is 998. The van der Waals surface area contributed by atoms with E-state index in [0.29, 0.717) is 11.6 Å². The Morgan fingerprint density at radius 2 is 1.88 bits per heavy atom. The molecule has 0 atom stereocenters. The van der Waals surface area contributed by atoms with Crippen LogP contribution in [-0.2, 0) is 6.54 Å². The van der Waals surface area contributed by atoms with Crippen LogP contribution in [0.4, 0.5) is 17.1 Å². The van der Waals surface area contributed by atoms with Crippen molar-refractivity contribution in [1.29, 1.82) is 0 Å². The molecule has 128 valence electrons. The van der Waals surface area contributed by atoms with Gasteiger partial charge in [-0.3, -0.25) is 24.6 Å². The average Bonchev–Trinajstić information content (AvgIpc) is 2.95. The van der Waals surface area contributed by atoms with Crippen molar-refractivity contribution >= 4 is 22.8 Å². The minimum atomic E-state index is -0.680. The van der Waals surface area contributed by atoms with E-state index >= 15 is 0 Å². The second-order valence-electron chi connectivity index (χ2n) is 5.36. The number of benzene rings is 1. The molecule has 0 spiro atoms. The molecule has 0 fully saturated rings. The molecule has 25 heavy (non-hydrogen) atoms. The van der Waals surface area contributed by atoms with Gasteiger partial charge in [0.1, 0.15) is 5.69 Å². The molecule has 3 rings (SSSR count). The van der Waals surface area contributed by atoms with E-state index in [9.17, 15) is 20.2 Å². The zero-order valence-corrected chi connectivity index (χ0v) is 13.3. The number of non-ortho nitro benzene ring substituents is 1. The van der Waals surface area contributed by atoms with Crippen molar-refractivity contribution in [3.63, 3.8) is 0 Å². The Hall–Kier alpha value is -3.63. The minimum Gasteiger partial charge on any atom is -0.372 e. The van der Waals surface area contributed by atoms with Gasteiger partial charge >= 0.3 is 0 Å². The van der Waals surface area contributed by atoms with Crippen molar-refractivity contribution in [2.24, 2.45) is 0 Å². The highest BCUT2D eigenvalue weighted by Gasteiger charge is 2.20. The number of aromatic nitrogens is 4. The molecule has 0 amide bonds. The normalized spacial score (nSPS) is 10.8. The Kier molecular flexibility index (Phi) is 3.97. The van der Waals surface area contributed by atoms with Crippen LogP contribution in [0, 0.1) is 34.1 Å². The molecular formula is C14H13N7O4. The summed E-state index contributed by atoms with van der Waals surface area (Å²) in [7, 11) is 0. The maximum atomic E-state index is 11.2. The number of hydrogen-bond donors (Lipinski definition) is 1. The molecule has 1 N–H and O–H groups in total. The number of rotatable bonds is 5. The van der Waals surface area contributed by atoms with Gasteiger partial charge in [-0.05, 0) is 26.0 Å². The molecular weight excluding hydrogens is 330 g/mol.